The number of nitrogens with zero attached hydrogens (tertiary/aromatic N) is 4. The van der Waals surface area contributed by atoms with Gasteiger partial charge in [-0.05, 0) is 37.1 Å². The maximum Gasteiger partial charge on any atom is 0.278 e. The lowest BCUT2D eigenvalue weighted by Gasteiger charge is -2.26. The van der Waals surface area contributed by atoms with Crippen molar-refractivity contribution in [2.45, 2.75) is 25.4 Å². The number of amides is 1. The molecule has 24 heavy (non-hydrogen) atoms. The van der Waals surface area contributed by atoms with Gasteiger partial charge in [-0.1, -0.05) is 18.2 Å². The molecule has 1 fully saturated rings. The van der Waals surface area contributed by atoms with E-state index in [1.54, 1.807) is 12.1 Å². The average molecular weight is 324 g/mol. The largest absolute Gasteiger partial charge is 0.480 e. The van der Waals surface area contributed by atoms with Crippen molar-refractivity contribution in [3.63, 3.8) is 0 Å². The molecule has 1 saturated heterocycles. The van der Waals surface area contributed by atoms with Crippen molar-refractivity contribution < 1.29 is 9.53 Å². The molecule has 6 nitrogen and oxygen atoms in total. The number of aromatic nitrogens is 2. The van der Waals surface area contributed by atoms with Gasteiger partial charge in [0, 0.05) is 30.9 Å². The van der Waals surface area contributed by atoms with E-state index in [-0.39, 0.29) is 5.91 Å². The predicted octanol–water partition coefficient (Wildman–Crippen LogP) is 2.11. The normalized spacial score (nSPS) is 20.2. The maximum absolute atomic E-state index is 13.1. The number of carbonyl (C=O) groups excluding carboxylic acids is 1. The summed E-state index contributed by atoms with van der Waals surface area (Å²) in [5.41, 5.74) is 2.52. The smallest absolute Gasteiger partial charge is 0.278 e. The number of anilines is 1. The second-order valence-electron chi connectivity index (χ2n) is 6.27. The number of benzene rings is 1. The van der Waals surface area contributed by atoms with Gasteiger partial charge in [-0.3, -0.25) is 9.69 Å². The summed E-state index contributed by atoms with van der Waals surface area (Å²) in [6, 6.07) is 11.9. The molecule has 2 aliphatic rings. The Labute approximate surface area is 141 Å². The Morgan fingerprint density at radius 2 is 2.08 bits per heavy atom. The van der Waals surface area contributed by atoms with Gasteiger partial charge >= 0.3 is 0 Å². The Balaban J connectivity index is 1.70. The quantitative estimate of drug-likeness (QED) is 0.847. The van der Waals surface area contributed by atoms with Gasteiger partial charge in [0.25, 0.3) is 5.91 Å². The van der Waals surface area contributed by atoms with Crippen LogP contribution in [-0.4, -0.2) is 47.2 Å². The van der Waals surface area contributed by atoms with Crippen molar-refractivity contribution in [2.24, 2.45) is 0 Å². The molecule has 4 rings (SSSR count). The molecular formula is C18H20N4O2. The van der Waals surface area contributed by atoms with E-state index in [9.17, 15) is 4.79 Å². The summed E-state index contributed by atoms with van der Waals surface area (Å²) in [7, 11) is 1.53. The van der Waals surface area contributed by atoms with Gasteiger partial charge < -0.3 is 9.64 Å². The average Bonchev–Trinajstić information content (AvgIpc) is 3.00. The van der Waals surface area contributed by atoms with Gasteiger partial charge in [-0.25, -0.2) is 0 Å². The van der Waals surface area contributed by atoms with Crippen molar-refractivity contribution in [3.8, 4) is 5.88 Å². The predicted molar refractivity (Wildman–Crippen MR) is 90.1 cm³/mol. The van der Waals surface area contributed by atoms with Gasteiger partial charge in [-0.2, -0.15) is 0 Å². The summed E-state index contributed by atoms with van der Waals surface area (Å²) in [6.07, 6.45) is 2.32. The molecule has 0 saturated carbocycles. The van der Waals surface area contributed by atoms with Gasteiger partial charge in [-0.15, -0.1) is 10.2 Å². The van der Waals surface area contributed by atoms with Crippen molar-refractivity contribution in [1.29, 1.82) is 0 Å². The van der Waals surface area contributed by atoms with Crippen LogP contribution in [0.5, 0.6) is 5.88 Å². The molecule has 6 heteroatoms. The summed E-state index contributed by atoms with van der Waals surface area (Å²) < 4.78 is 5.02. The van der Waals surface area contributed by atoms with Crippen LogP contribution in [0.3, 0.4) is 0 Å². The fourth-order valence-corrected chi connectivity index (χ4v) is 3.62. The SMILES string of the molecule is COc1ccc(C(=O)N2C[C@H]3CCCN3Cc3ccccc32)nn1. The van der Waals surface area contributed by atoms with Crippen LogP contribution >= 0.6 is 0 Å². The molecule has 124 valence electrons. The molecule has 1 aromatic heterocycles. The number of carbonyl (C=O) groups is 1. The maximum atomic E-state index is 13.1. The van der Waals surface area contributed by atoms with Crippen LogP contribution in [0.15, 0.2) is 36.4 Å². The second-order valence-corrected chi connectivity index (χ2v) is 6.27. The molecule has 1 atom stereocenters. The second kappa shape index (κ2) is 6.20. The first-order valence-corrected chi connectivity index (χ1v) is 8.28. The molecule has 2 aliphatic heterocycles. The minimum Gasteiger partial charge on any atom is -0.480 e. The highest BCUT2D eigenvalue weighted by molar-refractivity contribution is 6.05. The lowest BCUT2D eigenvalue weighted by atomic mass is 10.1. The van der Waals surface area contributed by atoms with E-state index in [1.165, 1.54) is 19.1 Å². The number of hydrogen-bond acceptors (Lipinski definition) is 5. The Morgan fingerprint density at radius 3 is 2.88 bits per heavy atom. The molecule has 0 aliphatic carbocycles. The van der Waals surface area contributed by atoms with Crippen molar-refractivity contribution in [1.82, 2.24) is 15.1 Å². The van der Waals surface area contributed by atoms with Crippen molar-refractivity contribution in [3.05, 3.63) is 47.7 Å². The molecule has 0 bridgehead atoms. The number of ether oxygens (including phenoxy) is 1. The zero-order valence-corrected chi connectivity index (χ0v) is 13.7. The monoisotopic (exact) mass is 324 g/mol. The minimum atomic E-state index is -0.105. The topological polar surface area (TPSA) is 58.6 Å². The molecule has 3 heterocycles. The molecular weight excluding hydrogens is 304 g/mol. The number of hydrogen-bond donors (Lipinski definition) is 0. The fourth-order valence-electron chi connectivity index (χ4n) is 3.62. The highest BCUT2D eigenvalue weighted by atomic mass is 16.5. The molecule has 1 aromatic carbocycles. The number of rotatable bonds is 2. The van der Waals surface area contributed by atoms with E-state index in [0.717, 1.165) is 25.2 Å². The van der Waals surface area contributed by atoms with Crippen LogP contribution in [0, 0.1) is 0 Å². The van der Waals surface area contributed by atoms with Gasteiger partial charge in [0.1, 0.15) is 0 Å². The van der Waals surface area contributed by atoms with Crippen LogP contribution in [-0.2, 0) is 6.54 Å². The third-order valence-corrected chi connectivity index (χ3v) is 4.86. The van der Waals surface area contributed by atoms with E-state index >= 15 is 0 Å². The highest BCUT2D eigenvalue weighted by Gasteiger charge is 2.34. The zero-order chi connectivity index (χ0) is 16.5. The van der Waals surface area contributed by atoms with E-state index < -0.39 is 0 Å². The summed E-state index contributed by atoms with van der Waals surface area (Å²) in [6.45, 7) is 2.70. The van der Waals surface area contributed by atoms with E-state index in [2.05, 4.69) is 21.2 Å². The van der Waals surface area contributed by atoms with E-state index in [1.807, 2.05) is 23.1 Å². The van der Waals surface area contributed by atoms with E-state index in [0.29, 0.717) is 24.2 Å². The molecule has 0 N–H and O–H groups in total. The van der Waals surface area contributed by atoms with Crippen LogP contribution in [0.25, 0.3) is 0 Å². The van der Waals surface area contributed by atoms with Crippen LogP contribution in [0.1, 0.15) is 28.9 Å². The van der Waals surface area contributed by atoms with Gasteiger partial charge in [0.2, 0.25) is 5.88 Å². The van der Waals surface area contributed by atoms with Crippen LogP contribution < -0.4 is 9.64 Å². The first-order valence-electron chi connectivity index (χ1n) is 8.28. The zero-order valence-electron chi connectivity index (χ0n) is 13.7. The summed E-state index contributed by atoms with van der Waals surface area (Å²) in [5, 5.41) is 7.96. The first kappa shape index (κ1) is 15.1. The Hall–Kier alpha value is -2.47. The lowest BCUT2D eigenvalue weighted by Crippen LogP contribution is -2.40. The number of methoxy groups -OCH3 is 1. The summed E-state index contributed by atoms with van der Waals surface area (Å²) in [4.78, 5) is 17.4. The van der Waals surface area contributed by atoms with Crippen LogP contribution in [0.4, 0.5) is 5.69 Å². The van der Waals surface area contributed by atoms with Gasteiger partial charge in [0.05, 0.1) is 7.11 Å². The van der Waals surface area contributed by atoms with Crippen molar-refractivity contribution >= 4 is 11.6 Å². The minimum absolute atomic E-state index is 0.105. The van der Waals surface area contributed by atoms with Crippen molar-refractivity contribution in [2.75, 3.05) is 25.1 Å². The number of fused-ring (bicyclic) bond motifs is 2. The highest BCUT2D eigenvalue weighted by Crippen LogP contribution is 2.32. The number of para-hydroxylation sites is 1. The van der Waals surface area contributed by atoms with Gasteiger partial charge in [0.15, 0.2) is 5.69 Å². The summed E-state index contributed by atoms with van der Waals surface area (Å²) in [5.74, 6) is 0.302. The third-order valence-electron chi connectivity index (χ3n) is 4.86. The lowest BCUT2D eigenvalue weighted by molar-refractivity contribution is 0.0975. The molecule has 0 spiro atoms. The molecule has 0 unspecified atom stereocenters. The molecule has 0 radical (unpaired) electrons. The Morgan fingerprint density at radius 1 is 1.21 bits per heavy atom. The summed E-state index contributed by atoms with van der Waals surface area (Å²) >= 11 is 0. The third kappa shape index (κ3) is 2.63. The Kier molecular flexibility index (Phi) is 3.90. The standard InChI is InChI=1S/C18H20N4O2/c1-24-17-9-8-15(19-20-17)18(23)22-12-14-6-4-10-21(14)11-13-5-2-3-7-16(13)22/h2-3,5,7-9,14H,4,6,10-12H2,1H3/t14-/m1/s1. The molecule has 1 amide bonds. The fraction of sp³-hybridized carbons (Fsp3) is 0.389. The van der Waals surface area contributed by atoms with Crippen LogP contribution in [0.2, 0.25) is 0 Å². The van der Waals surface area contributed by atoms with E-state index in [4.69, 9.17) is 4.74 Å². The first-order chi connectivity index (χ1) is 11.8. The molecule has 2 aromatic rings. The Bertz CT molecular complexity index is 747.